The Morgan fingerprint density at radius 3 is 2.32 bits per heavy atom. The van der Waals surface area contributed by atoms with Crippen molar-refractivity contribution < 1.29 is 26.4 Å². The fourth-order valence-electron chi connectivity index (χ4n) is 3.10. The zero-order valence-corrected chi connectivity index (χ0v) is 17.4. The molecule has 1 N–H and O–H groups in total. The summed E-state index contributed by atoms with van der Waals surface area (Å²) < 4.78 is 64.6. The Hall–Kier alpha value is -2.85. The van der Waals surface area contributed by atoms with Crippen molar-refractivity contribution in [3.63, 3.8) is 0 Å². The van der Waals surface area contributed by atoms with E-state index in [1.54, 1.807) is 12.1 Å². The molecule has 2 aromatic carbocycles. The number of rotatable bonds is 6. The molecule has 0 unspecified atom stereocenters. The number of carbonyl (C=O) groups excluding carboxylic acids is 1. The molecule has 0 spiro atoms. The number of piperazine rings is 1. The van der Waals surface area contributed by atoms with E-state index in [2.05, 4.69) is 5.32 Å². The summed E-state index contributed by atoms with van der Waals surface area (Å²) in [5, 5.41) is 3.85. The van der Waals surface area contributed by atoms with Gasteiger partial charge in [0.15, 0.2) is 0 Å². The fourth-order valence-corrected chi connectivity index (χ4v) is 4.28. The fraction of sp³-hybridized carbons (Fsp3) is 0.286. The molecule has 1 heterocycles. The van der Waals surface area contributed by atoms with Crippen molar-refractivity contribution in [1.82, 2.24) is 9.21 Å². The van der Waals surface area contributed by atoms with E-state index in [0.29, 0.717) is 0 Å². The van der Waals surface area contributed by atoms with E-state index in [1.165, 1.54) is 27.4 Å². The van der Waals surface area contributed by atoms with Crippen LogP contribution in [0.2, 0.25) is 0 Å². The van der Waals surface area contributed by atoms with Crippen LogP contribution in [0.5, 0.6) is 0 Å². The predicted octanol–water partition coefficient (Wildman–Crippen LogP) is 3.26. The van der Waals surface area contributed by atoms with Crippen LogP contribution >= 0.6 is 0 Å². The summed E-state index contributed by atoms with van der Waals surface area (Å²) in [6, 6.07) is 13.7. The van der Waals surface area contributed by atoms with Crippen LogP contribution in [0.3, 0.4) is 0 Å². The molecule has 1 amide bonds. The SMILES string of the molecule is O=C(CNc1cccc(C(F)(F)F)c1)N1CCN(S(=O)(=O)/C=C/c2ccccc2)CC1. The highest BCUT2D eigenvalue weighted by Gasteiger charge is 2.30. The minimum atomic E-state index is -4.46. The summed E-state index contributed by atoms with van der Waals surface area (Å²) in [6.07, 6.45) is -2.94. The van der Waals surface area contributed by atoms with Gasteiger partial charge in [0.2, 0.25) is 15.9 Å². The highest BCUT2D eigenvalue weighted by Crippen LogP contribution is 2.30. The van der Waals surface area contributed by atoms with Gasteiger partial charge in [0.05, 0.1) is 12.1 Å². The standard InChI is InChI=1S/C21H22F3N3O3S/c22-21(23,24)18-7-4-8-19(15-18)25-16-20(28)26-10-12-27(13-11-26)31(29,30)14-9-17-5-2-1-3-6-17/h1-9,14-15,25H,10-13,16H2/b14-9+. The summed E-state index contributed by atoms with van der Waals surface area (Å²) in [5.74, 6) is -0.311. The van der Waals surface area contributed by atoms with Gasteiger partial charge in [-0.15, -0.1) is 0 Å². The molecule has 6 nitrogen and oxygen atoms in total. The summed E-state index contributed by atoms with van der Waals surface area (Å²) in [6.45, 7) is 0.540. The molecule has 0 aliphatic carbocycles. The van der Waals surface area contributed by atoms with Gasteiger partial charge in [-0.2, -0.15) is 17.5 Å². The zero-order chi connectivity index (χ0) is 22.5. The third-order valence-corrected chi connectivity index (χ3v) is 6.38. The van der Waals surface area contributed by atoms with E-state index in [4.69, 9.17) is 0 Å². The molecule has 1 aliphatic heterocycles. The van der Waals surface area contributed by atoms with E-state index in [-0.39, 0.29) is 44.3 Å². The lowest BCUT2D eigenvalue weighted by Crippen LogP contribution is -2.51. The van der Waals surface area contributed by atoms with Crippen LogP contribution in [0, 0.1) is 0 Å². The van der Waals surface area contributed by atoms with Gasteiger partial charge in [0.1, 0.15) is 0 Å². The zero-order valence-electron chi connectivity index (χ0n) is 16.5. The second kappa shape index (κ2) is 9.52. The Bertz CT molecular complexity index is 1030. The molecule has 166 valence electrons. The van der Waals surface area contributed by atoms with Crippen molar-refractivity contribution in [3.8, 4) is 0 Å². The molecular weight excluding hydrogens is 431 g/mol. The predicted molar refractivity (Wildman–Crippen MR) is 112 cm³/mol. The van der Waals surface area contributed by atoms with Crippen molar-refractivity contribution in [2.75, 3.05) is 38.0 Å². The highest BCUT2D eigenvalue weighted by molar-refractivity contribution is 7.92. The molecule has 0 radical (unpaired) electrons. The van der Waals surface area contributed by atoms with Crippen LogP contribution in [0.4, 0.5) is 18.9 Å². The molecular formula is C21H22F3N3O3S. The van der Waals surface area contributed by atoms with Gasteiger partial charge in [0, 0.05) is 37.3 Å². The van der Waals surface area contributed by atoms with E-state index in [1.807, 2.05) is 18.2 Å². The summed E-state index contributed by atoms with van der Waals surface area (Å²) in [7, 11) is -3.61. The number of anilines is 1. The topological polar surface area (TPSA) is 69.7 Å². The van der Waals surface area contributed by atoms with Crippen LogP contribution in [0.1, 0.15) is 11.1 Å². The number of hydrogen-bond acceptors (Lipinski definition) is 4. The third kappa shape index (κ3) is 6.31. The quantitative estimate of drug-likeness (QED) is 0.729. The first-order valence-electron chi connectivity index (χ1n) is 9.57. The first-order valence-corrected chi connectivity index (χ1v) is 11.1. The van der Waals surface area contributed by atoms with Gasteiger partial charge in [-0.25, -0.2) is 8.42 Å². The lowest BCUT2D eigenvalue weighted by Gasteiger charge is -2.33. The van der Waals surface area contributed by atoms with Crippen molar-refractivity contribution in [1.29, 1.82) is 0 Å². The molecule has 31 heavy (non-hydrogen) atoms. The Kier molecular flexibility index (Phi) is 7.01. The molecule has 1 aliphatic rings. The van der Waals surface area contributed by atoms with Gasteiger partial charge in [-0.05, 0) is 29.8 Å². The summed E-state index contributed by atoms with van der Waals surface area (Å²) in [5.41, 5.74) is 0.156. The first-order chi connectivity index (χ1) is 14.6. The summed E-state index contributed by atoms with van der Waals surface area (Å²) in [4.78, 5) is 13.9. The van der Waals surface area contributed by atoms with E-state index >= 15 is 0 Å². The van der Waals surface area contributed by atoms with Crippen molar-refractivity contribution >= 4 is 27.7 Å². The molecule has 1 saturated heterocycles. The number of benzene rings is 2. The molecule has 3 rings (SSSR count). The smallest absolute Gasteiger partial charge is 0.376 e. The maximum absolute atomic E-state index is 12.8. The summed E-state index contributed by atoms with van der Waals surface area (Å²) >= 11 is 0. The van der Waals surface area contributed by atoms with Gasteiger partial charge in [-0.1, -0.05) is 36.4 Å². The van der Waals surface area contributed by atoms with E-state index < -0.39 is 21.8 Å². The second-order valence-electron chi connectivity index (χ2n) is 6.97. The maximum atomic E-state index is 12.8. The van der Waals surface area contributed by atoms with Crippen LogP contribution < -0.4 is 5.32 Å². The number of amides is 1. The Balaban J connectivity index is 1.51. The molecule has 0 atom stereocenters. The van der Waals surface area contributed by atoms with Crippen LogP contribution in [-0.4, -0.2) is 56.3 Å². The number of halogens is 3. The number of nitrogens with zero attached hydrogens (tertiary/aromatic N) is 2. The molecule has 1 fully saturated rings. The van der Waals surface area contributed by atoms with Gasteiger partial charge >= 0.3 is 6.18 Å². The van der Waals surface area contributed by atoms with Crippen LogP contribution in [0.15, 0.2) is 60.0 Å². The lowest BCUT2D eigenvalue weighted by atomic mass is 10.2. The Labute approximate surface area is 179 Å². The van der Waals surface area contributed by atoms with Gasteiger partial charge < -0.3 is 10.2 Å². The van der Waals surface area contributed by atoms with Crippen molar-refractivity contribution in [3.05, 3.63) is 71.1 Å². The van der Waals surface area contributed by atoms with Gasteiger partial charge in [0.25, 0.3) is 0 Å². The Morgan fingerprint density at radius 1 is 1.00 bits per heavy atom. The van der Waals surface area contributed by atoms with Crippen LogP contribution in [-0.2, 0) is 21.0 Å². The number of hydrogen-bond donors (Lipinski definition) is 1. The maximum Gasteiger partial charge on any atom is 0.416 e. The van der Waals surface area contributed by atoms with E-state index in [0.717, 1.165) is 23.1 Å². The minimum Gasteiger partial charge on any atom is -0.376 e. The highest BCUT2D eigenvalue weighted by atomic mass is 32.2. The molecule has 10 heteroatoms. The van der Waals surface area contributed by atoms with E-state index in [9.17, 15) is 26.4 Å². The average Bonchev–Trinajstić information content (AvgIpc) is 2.76. The minimum absolute atomic E-state index is 0.150. The Morgan fingerprint density at radius 2 is 1.68 bits per heavy atom. The number of nitrogens with one attached hydrogen (secondary N) is 1. The lowest BCUT2D eigenvalue weighted by molar-refractivity contribution is -0.137. The molecule has 0 saturated carbocycles. The number of sulfonamides is 1. The first kappa shape index (κ1) is 22.8. The van der Waals surface area contributed by atoms with Crippen molar-refractivity contribution in [2.24, 2.45) is 0 Å². The van der Waals surface area contributed by atoms with Gasteiger partial charge in [-0.3, -0.25) is 4.79 Å². The molecule has 0 aromatic heterocycles. The number of carbonyl (C=O) groups is 1. The number of alkyl halides is 3. The second-order valence-corrected chi connectivity index (χ2v) is 8.79. The third-order valence-electron chi connectivity index (χ3n) is 4.82. The monoisotopic (exact) mass is 453 g/mol. The largest absolute Gasteiger partial charge is 0.416 e. The normalized spacial score (nSPS) is 15.9. The van der Waals surface area contributed by atoms with Crippen molar-refractivity contribution in [2.45, 2.75) is 6.18 Å². The molecule has 2 aromatic rings. The van der Waals surface area contributed by atoms with Crippen LogP contribution in [0.25, 0.3) is 6.08 Å². The molecule has 0 bridgehead atoms. The average molecular weight is 453 g/mol.